The van der Waals surface area contributed by atoms with E-state index in [-0.39, 0.29) is 0 Å². The van der Waals surface area contributed by atoms with Crippen LogP contribution in [-0.2, 0) is 4.74 Å². The summed E-state index contributed by atoms with van der Waals surface area (Å²) in [5.74, 6) is 1.65. The molecule has 4 heteroatoms. The zero-order valence-electron chi connectivity index (χ0n) is 11.5. The van der Waals surface area contributed by atoms with Gasteiger partial charge in [0.1, 0.15) is 0 Å². The van der Waals surface area contributed by atoms with Crippen LogP contribution in [0.1, 0.15) is 40.0 Å². The van der Waals surface area contributed by atoms with Crippen LogP contribution in [0.5, 0.6) is 0 Å². The first-order valence-corrected chi connectivity index (χ1v) is 6.85. The fraction of sp³-hybridized carbons (Fsp3) is 0.923. The van der Waals surface area contributed by atoms with Crippen LogP contribution in [0.15, 0.2) is 4.99 Å². The predicted octanol–water partition coefficient (Wildman–Crippen LogP) is 1.77. The fourth-order valence-electron chi connectivity index (χ4n) is 1.38. The van der Waals surface area contributed by atoms with E-state index in [2.05, 4.69) is 36.4 Å². The van der Waals surface area contributed by atoms with Crippen molar-refractivity contribution in [3.63, 3.8) is 0 Å². The minimum Gasteiger partial charge on any atom is -0.380 e. The number of aliphatic imine (C=N–C) groups is 1. The van der Waals surface area contributed by atoms with Crippen LogP contribution in [0, 0.1) is 5.92 Å². The Balaban J connectivity index is 2.06. The van der Waals surface area contributed by atoms with E-state index in [1.807, 2.05) is 0 Å². The minimum atomic E-state index is 0.648. The van der Waals surface area contributed by atoms with Gasteiger partial charge in [-0.3, -0.25) is 4.99 Å². The lowest BCUT2D eigenvalue weighted by atomic mass is 10.1. The third-order valence-electron chi connectivity index (χ3n) is 2.61. The summed E-state index contributed by atoms with van der Waals surface area (Å²) >= 11 is 0. The Kier molecular flexibility index (Phi) is 7.01. The number of nitrogens with one attached hydrogen (secondary N) is 2. The van der Waals surface area contributed by atoms with Crippen molar-refractivity contribution in [1.82, 2.24) is 10.6 Å². The molecule has 2 N–H and O–H groups in total. The van der Waals surface area contributed by atoms with Gasteiger partial charge in [0.05, 0.1) is 13.2 Å². The summed E-state index contributed by atoms with van der Waals surface area (Å²) in [6, 6.07) is 0.648. The molecule has 0 aromatic heterocycles. The molecule has 0 unspecified atom stereocenters. The van der Waals surface area contributed by atoms with Gasteiger partial charge in [-0.05, 0) is 32.1 Å². The second-order valence-corrected chi connectivity index (χ2v) is 4.97. The highest BCUT2D eigenvalue weighted by Gasteiger charge is 2.21. The third-order valence-corrected chi connectivity index (χ3v) is 2.61. The lowest BCUT2D eigenvalue weighted by Crippen LogP contribution is -2.38. The molecule has 4 nitrogen and oxygen atoms in total. The summed E-state index contributed by atoms with van der Waals surface area (Å²) in [5, 5.41) is 6.63. The van der Waals surface area contributed by atoms with E-state index in [4.69, 9.17) is 4.74 Å². The Hall–Kier alpha value is -0.770. The summed E-state index contributed by atoms with van der Waals surface area (Å²) in [6.45, 7) is 9.72. The van der Waals surface area contributed by atoms with E-state index in [9.17, 15) is 0 Å². The summed E-state index contributed by atoms with van der Waals surface area (Å²) < 4.78 is 5.53. The topological polar surface area (TPSA) is 45.7 Å². The summed E-state index contributed by atoms with van der Waals surface area (Å²) in [6.07, 6.45) is 3.68. The third kappa shape index (κ3) is 8.02. The van der Waals surface area contributed by atoms with Gasteiger partial charge in [0.15, 0.2) is 5.96 Å². The van der Waals surface area contributed by atoms with Crippen molar-refractivity contribution in [2.24, 2.45) is 10.9 Å². The minimum absolute atomic E-state index is 0.648. The number of rotatable bonds is 8. The molecule has 0 atom stereocenters. The Labute approximate surface area is 105 Å². The van der Waals surface area contributed by atoms with Gasteiger partial charge in [-0.15, -0.1) is 0 Å². The number of ether oxygens (including phenoxy) is 1. The van der Waals surface area contributed by atoms with Crippen LogP contribution in [0.3, 0.4) is 0 Å². The highest BCUT2D eigenvalue weighted by atomic mass is 16.5. The molecule has 17 heavy (non-hydrogen) atoms. The van der Waals surface area contributed by atoms with Crippen molar-refractivity contribution in [1.29, 1.82) is 0 Å². The van der Waals surface area contributed by atoms with Crippen molar-refractivity contribution in [3.8, 4) is 0 Å². The molecule has 1 aliphatic rings. The van der Waals surface area contributed by atoms with Gasteiger partial charge in [-0.2, -0.15) is 0 Å². The number of guanidine groups is 1. The van der Waals surface area contributed by atoms with E-state index in [1.54, 1.807) is 0 Å². The van der Waals surface area contributed by atoms with Gasteiger partial charge in [-0.1, -0.05) is 13.8 Å². The first-order chi connectivity index (χ1) is 8.22. The molecule has 1 rings (SSSR count). The fourth-order valence-corrected chi connectivity index (χ4v) is 1.38. The quantitative estimate of drug-likeness (QED) is 0.387. The Morgan fingerprint density at radius 1 is 1.35 bits per heavy atom. The summed E-state index contributed by atoms with van der Waals surface area (Å²) in [4.78, 5) is 4.48. The maximum atomic E-state index is 5.53. The van der Waals surface area contributed by atoms with Gasteiger partial charge >= 0.3 is 0 Å². The van der Waals surface area contributed by atoms with E-state index in [1.165, 1.54) is 12.8 Å². The summed E-state index contributed by atoms with van der Waals surface area (Å²) in [5.41, 5.74) is 0. The van der Waals surface area contributed by atoms with Crippen molar-refractivity contribution < 1.29 is 4.74 Å². The molecule has 0 saturated heterocycles. The molecular weight excluding hydrogens is 214 g/mol. The molecular formula is C13H27N3O. The Bertz CT molecular complexity index is 225. The molecule has 0 aromatic carbocycles. The van der Waals surface area contributed by atoms with E-state index in [0.29, 0.717) is 18.6 Å². The Morgan fingerprint density at radius 3 is 2.71 bits per heavy atom. The lowest BCUT2D eigenvalue weighted by Gasteiger charge is -2.10. The van der Waals surface area contributed by atoms with Gasteiger partial charge in [0.2, 0.25) is 0 Å². The normalized spacial score (nSPS) is 16.4. The maximum absolute atomic E-state index is 5.53. The van der Waals surface area contributed by atoms with Gasteiger partial charge < -0.3 is 15.4 Å². The largest absolute Gasteiger partial charge is 0.380 e. The lowest BCUT2D eigenvalue weighted by molar-refractivity contribution is 0.130. The number of nitrogens with zero attached hydrogens (tertiary/aromatic N) is 1. The van der Waals surface area contributed by atoms with Crippen LogP contribution < -0.4 is 10.6 Å². The van der Waals surface area contributed by atoms with Crippen molar-refractivity contribution in [2.75, 3.05) is 26.3 Å². The molecule has 1 saturated carbocycles. The molecule has 0 heterocycles. The first kappa shape index (κ1) is 14.3. The smallest absolute Gasteiger partial charge is 0.191 e. The van der Waals surface area contributed by atoms with Gasteiger partial charge in [0.25, 0.3) is 0 Å². The molecule has 1 aliphatic carbocycles. The molecule has 0 radical (unpaired) electrons. The zero-order chi connectivity index (χ0) is 12.5. The van der Waals surface area contributed by atoms with E-state index >= 15 is 0 Å². The molecule has 0 bridgehead atoms. The van der Waals surface area contributed by atoms with Crippen molar-refractivity contribution >= 4 is 5.96 Å². The monoisotopic (exact) mass is 241 g/mol. The van der Waals surface area contributed by atoms with Crippen LogP contribution in [0.4, 0.5) is 0 Å². The molecule has 1 fully saturated rings. The first-order valence-electron chi connectivity index (χ1n) is 6.85. The average molecular weight is 241 g/mol. The maximum Gasteiger partial charge on any atom is 0.191 e. The van der Waals surface area contributed by atoms with Gasteiger partial charge in [0, 0.05) is 19.2 Å². The second-order valence-electron chi connectivity index (χ2n) is 4.97. The molecule has 0 aromatic rings. The van der Waals surface area contributed by atoms with Gasteiger partial charge in [-0.25, -0.2) is 0 Å². The number of hydrogen-bond donors (Lipinski definition) is 2. The predicted molar refractivity (Wildman–Crippen MR) is 72.4 cm³/mol. The molecule has 100 valence electrons. The molecule has 0 amide bonds. The van der Waals surface area contributed by atoms with Crippen LogP contribution in [0.25, 0.3) is 0 Å². The average Bonchev–Trinajstić information content (AvgIpc) is 3.06. The number of hydrogen-bond acceptors (Lipinski definition) is 2. The highest BCUT2D eigenvalue weighted by molar-refractivity contribution is 5.80. The summed E-state index contributed by atoms with van der Waals surface area (Å²) in [7, 11) is 0. The standard InChI is InChI=1S/C13H27N3O/c1-4-14-13(16-12-5-6-12)15-8-10-17-9-7-11(2)3/h11-12H,4-10H2,1-3H3,(H2,14,15,16). The molecule has 0 spiro atoms. The highest BCUT2D eigenvalue weighted by Crippen LogP contribution is 2.18. The Morgan fingerprint density at radius 2 is 2.12 bits per heavy atom. The van der Waals surface area contributed by atoms with Crippen molar-refractivity contribution in [2.45, 2.75) is 46.1 Å². The zero-order valence-corrected chi connectivity index (χ0v) is 11.5. The van der Waals surface area contributed by atoms with E-state index in [0.717, 1.165) is 32.1 Å². The van der Waals surface area contributed by atoms with Crippen molar-refractivity contribution in [3.05, 3.63) is 0 Å². The SMILES string of the molecule is CCNC(=NCCOCCC(C)C)NC1CC1. The van der Waals surface area contributed by atoms with E-state index < -0.39 is 0 Å². The van der Waals surface area contributed by atoms with Crippen LogP contribution in [-0.4, -0.2) is 38.3 Å². The molecule has 0 aliphatic heterocycles. The van der Waals surface area contributed by atoms with Crippen LogP contribution in [0.2, 0.25) is 0 Å². The van der Waals surface area contributed by atoms with Crippen LogP contribution >= 0.6 is 0 Å². The second kappa shape index (κ2) is 8.34.